The second-order valence-electron chi connectivity index (χ2n) is 10.7. The van der Waals surface area contributed by atoms with Gasteiger partial charge in [0.15, 0.2) is 17.8 Å². The Hall–Kier alpha value is -3.33. The number of aliphatic hydroxyl groups is 2. The molecule has 5 heterocycles. The zero-order valence-electron chi connectivity index (χ0n) is 25.4. The highest BCUT2D eigenvalue weighted by Gasteiger charge is 2.51. The molecular weight excluding hydrogens is 667 g/mol. The third-order valence-electron chi connectivity index (χ3n) is 7.24. The standard InChI is InChI=1S/C26H35N6O13PS/c1-13(2)42-26(37)40-12-47-46(38,45-21-16(9-33)44-24(22(21)39-3)31-7-5-18(35)30-25(31)36)41-10-17-15(34)8-19(43-17)32-11-29-20-14(27)4-6-28-23(20)32/h4-7,11,13,15-17,19,21-22,24,33-34H,8-10,12H2,1-3H3,(H2,27,28)(H,30,35,36)/t15-,16-,17-,19-,21+,22?,24-,46-/m1/s1. The van der Waals surface area contributed by atoms with E-state index >= 15 is 0 Å². The van der Waals surface area contributed by atoms with Gasteiger partial charge in [-0.25, -0.2) is 24.1 Å². The quantitative estimate of drug-likeness (QED) is 0.110. The third kappa shape index (κ3) is 7.87. The van der Waals surface area contributed by atoms with Crippen LogP contribution in [0.25, 0.3) is 11.2 Å². The van der Waals surface area contributed by atoms with Crippen molar-refractivity contribution < 1.29 is 52.3 Å². The summed E-state index contributed by atoms with van der Waals surface area (Å²) < 4.78 is 55.9. The Morgan fingerprint density at radius 1 is 1.21 bits per heavy atom. The SMILES string of the molecule is COC1[C@@H](O[P@@](=O)(OC[C@H]2O[C@@H](n3cnc4c(N)ccnc43)C[C@H]2O)SCOC(=O)OC(C)C)[C@@H](CO)O[C@H]1n1ccc(=O)[nH]c1=O. The molecule has 258 valence electrons. The molecule has 2 fully saturated rings. The summed E-state index contributed by atoms with van der Waals surface area (Å²) in [6.45, 7) is -2.23. The molecule has 2 aliphatic heterocycles. The molecule has 1 unspecified atom stereocenters. The molecule has 21 heteroatoms. The van der Waals surface area contributed by atoms with E-state index in [2.05, 4.69) is 15.0 Å². The number of aromatic nitrogens is 5. The number of aromatic amines is 1. The second kappa shape index (κ2) is 14.8. The number of nitrogens with one attached hydrogen (secondary N) is 1. The number of imidazole rings is 1. The molecule has 0 bridgehead atoms. The van der Waals surface area contributed by atoms with Crippen LogP contribution in [0.4, 0.5) is 10.5 Å². The van der Waals surface area contributed by atoms with E-state index in [1.54, 1.807) is 24.5 Å². The summed E-state index contributed by atoms with van der Waals surface area (Å²) in [5.41, 5.74) is 5.84. The smallest absolute Gasteiger partial charge is 0.432 e. The summed E-state index contributed by atoms with van der Waals surface area (Å²) in [5, 5.41) is 20.9. The van der Waals surface area contributed by atoms with Crippen molar-refractivity contribution in [1.29, 1.82) is 0 Å². The number of carbonyl (C=O) groups excluding carboxylic acids is 1. The van der Waals surface area contributed by atoms with Gasteiger partial charge in [-0.3, -0.25) is 28.0 Å². The first-order chi connectivity index (χ1) is 22.4. The molecule has 0 amide bonds. The normalized spacial score (nSPS) is 27.3. The minimum atomic E-state index is -4.37. The van der Waals surface area contributed by atoms with Crippen molar-refractivity contribution in [3.05, 3.63) is 51.7 Å². The number of fused-ring (bicyclic) bond motifs is 1. The fourth-order valence-electron chi connectivity index (χ4n) is 5.06. The number of nitrogens with zero attached hydrogens (tertiary/aromatic N) is 4. The summed E-state index contributed by atoms with van der Waals surface area (Å²) >= 11 is 0.483. The van der Waals surface area contributed by atoms with E-state index < -0.39 is 92.4 Å². The summed E-state index contributed by atoms with van der Waals surface area (Å²) in [5.74, 6) is -0.536. The number of anilines is 1. The lowest BCUT2D eigenvalue weighted by Gasteiger charge is -2.28. The number of rotatable bonds is 13. The average molecular weight is 703 g/mol. The van der Waals surface area contributed by atoms with Gasteiger partial charge in [0.05, 0.1) is 37.4 Å². The highest BCUT2D eigenvalue weighted by molar-refractivity contribution is 8.55. The number of carbonyl (C=O) groups is 1. The molecule has 5 rings (SSSR count). The lowest BCUT2D eigenvalue weighted by Crippen LogP contribution is -2.39. The summed E-state index contributed by atoms with van der Waals surface area (Å²) in [4.78, 5) is 46.8. The molecule has 3 aromatic heterocycles. The van der Waals surface area contributed by atoms with Gasteiger partial charge in [-0.2, -0.15) is 0 Å². The van der Waals surface area contributed by atoms with Gasteiger partial charge in [0.2, 0.25) is 0 Å². The Bertz CT molecular complexity index is 1720. The van der Waals surface area contributed by atoms with Crippen LogP contribution in [-0.4, -0.2) is 103 Å². The fraction of sp³-hybridized carbons (Fsp3) is 0.577. The molecule has 3 aromatic rings. The number of hydrogen-bond donors (Lipinski definition) is 4. The van der Waals surface area contributed by atoms with Crippen molar-refractivity contribution in [2.75, 3.05) is 32.0 Å². The van der Waals surface area contributed by atoms with Crippen molar-refractivity contribution in [3.63, 3.8) is 0 Å². The predicted molar refractivity (Wildman–Crippen MR) is 163 cm³/mol. The Morgan fingerprint density at radius 3 is 2.70 bits per heavy atom. The first kappa shape index (κ1) is 35.0. The van der Waals surface area contributed by atoms with Crippen molar-refractivity contribution in [3.8, 4) is 0 Å². The molecule has 2 aliphatic rings. The van der Waals surface area contributed by atoms with Crippen LogP contribution < -0.4 is 17.0 Å². The van der Waals surface area contributed by atoms with E-state index in [0.717, 1.165) is 10.6 Å². The van der Waals surface area contributed by atoms with Crippen LogP contribution in [-0.2, 0) is 37.3 Å². The zero-order chi connectivity index (χ0) is 33.9. The van der Waals surface area contributed by atoms with Crippen LogP contribution in [0.2, 0.25) is 0 Å². The minimum absolute atomic E-state index is 0.114. The van der Waals surface area contributed by atoms with E-state index in [9.17, 15) is 29.2 Å². The molecule has 19 nitrogen and oxygen atoms in total. The molecule has 47 heavy (non-hydrogen) atoms. The maximum absolute atomic E-state index is 14.2. The van der Waals surface area contributed by atoms with Crippen LogP contribution in [0.3, 0.4) is 0 Å². The number of hydrogen-bond acceptors (Lipinski definition) is 17. The molecule has 0 aliphatic carbocycles. The van der Waals surface area contributed by atoms with Crippen molar-refractivity contribution in [2.24, 2.45) is 0 Å². The van der Waals surface area contributed by atoms with Crippen LogP contribution >= 0.6 is 18.2 Å². The van der Waals surface area contributed by atoms with Gasteiger partial charge >= 0.3 is 18.6 Å². The van der Waals surface area contributed by atoms with Crippen LogP contribution in [0.1, 0.15) is 32.7 Å². The monoisotopic (exact) mass is 702 g/mol. The summed E-state index contributed by atoms with van der Waals surface area (Å²) in [7, 11) is 1.28. The Labute approximate surface area is 270 Å². The number of H-pyrrole nitrogens is 1. The summed E-state index contributed by atoms with van der Waals surface area (Å²) in [6.07, 6.45) is -4.83. The Balaban J connectivity index is 1.34. The predicted octanol–water partition coefficient (Wildman–Crippen LogP) is 0.879. The van der Waals surface area contributed by atoms with Gasteiger partial charge in [0.1, 0.15) is 36.2 Å². The molecule has 0 aromatic carbocycles. The molecule has 0 saturated carbocycles. The van der Waals surface area contributed by atoms with E-state index in [1.165, 1.54) is 25.8 Å². The van der Waals surface area contributed by atoms with Gasteiger partial charge in [-0.1, -0.05) is 0 Å². The average Bonchev–Trinajstić information content (AvgIpc) is 3.71. The summed E-state index contributed by atoms with van der Waals surface area (Å²) in [6, 6.07) is 2.70. The number of ether oxygens (including phenoxy) is 5. The van der Waals surface area contributed by atoms with Crippen molar-refractivity contribution in [2.45, 2.75) is 69.3 Å². The van der Waals surface area contributed by atoms with Gasteiger partial charge in [0, 0.05) is 43.4 Å². The van der Waals surface area contributed by atoms with E-state index in [4.69, 9.17) is 38.5 Å². The number of pyridine rings is 1. The highest BCUT2D eigenvalue weighted by atomic mass is 32.7. The second-order valence-corrected chi connectivity index (χ2v) is 14.7. The molecule has 0 spiro atoms. The molecule has 0 radical (unpaired) electrons. The maximum Gasteiger partial charge on any atom is 0.509 e. The molecule has 5 N–H and O–H groups in total. The molecule has 8 atom stereocenters. The van der Waals surface area contributed by atoms with Gasteiger partial charge in [0.25, 0.3) is 5.56 Å². The molecular formula is C26H35N6O13PS. The maximum atomic E-state index is 14.2. The Morgan fingerprint density at radius 2 is 2.00 bits per heavy atom. The highest BCUT2D eigenvalue weighted by Crippen LogP contribution is 2.63. The lowest BCUT2D eigenvalue weighted by atomic mass is 10.1. The topological polar surface area (TPSA) is 251 Å². The van der Waals surface area contributed by atoms with Crippen molar-refractivity contribution >= 4 is 41.2 Å². The minimum Gasteiger partial charge on any atom is -0.432 e. The Kier molecular flexibility index (Phi) is 11.0. The van der Waals surface area contributed by atoms with E-state index in [-0.39, 0.29) is 6.42 Å². The number of nitrogen functional groups attached to an aromatic ring is 1. The van der Waals surface area contributed by atoms with Gasteiger partial charge < -0.3 is 39.6 Å². The third-order valence-corrected chi connectivity index (χ3v) is 10.6. The number of nitrogens with two attached hydrogens (primary N) is 1. The van der Waals surface area contributed by atoms with E-state index in [0.29, 0.717) is 28.2 Å². The van der Waals surface area contributed by atoms with Crippen LogP contribution in [0.15, 0.2) is 40.4 Å². The van der Waals surface area contributed by atoms with Crippen LogP contribution in [0.5, 0.6) is 0 Å². The number of aliphatic hydroxyl groups excluding tert-OH is 2. The largest absolute Gasteiger partial charge is 0.509 e. The fourth-order valence-corrected chi connectivity index (χ4v) is 7.85. The van der Waals surface area contributed by atoms with Gasteiger partial charge in [-0.05, 0) is 19.9 Å². The first-order valence-electron chi connectivity index (χ1n) is 14.3. The van der Waals surface area contributed by atoms with Crippen LogP contribution in [0, 0.1) is 0 Å². The lowest BCUT2D eigenvalue weighted by molar-refractivity contribution is -0.0625. The zero-order valence-corrected chi connectivity index (χ0v) is 27.2. The molecule has 2 saturated heterocycles. The first-order valence-corrected chi connectivity index (χ1v) is 17.5. The van der Waals surface area contributed by atoms with Gasteiger partial charge in [-0.15, -0.1) is 0 Å². The number of methoxy groups -OCH3 is 1. The van der Waals surface area contributed by atoms with E-state index in [1.807, 2.05) is 0 Å². The van der Waals surface area contributed by atoms with Crippen molar-refractivity contribution in [1.82, 2.24) is 24.1 Å².